The number of carbonyl (C=O) groups is 3. The van der Waals surface area contributed by atoms with Crippen molar-refractivity contribution in [3.05, 3.63) is 59.7 Å². The largest absolute Gasteiger partial charge is 0.485 e. The number of rotatable bonds is 5. The summed E-state index contributed by atoms with van der Waals surface area (Å²) in [6.45, 7) is 1.81. The SMILES string of the molecule is Cc1cc(OCC(=O)c2ccccc2)ccc1N1C(=O)[C@@H]2[C@@H]3CC[C@@H](C3)[C@@H]2C1=O. The monoisotopic (exact) mass is 389 g/mol. The van der Waals surface area contributed by atoms with Crippen LogP contribution >= 0.6 is 0 Å². The van der Waals surface area contributed by atoms with E-state index >= 15 is 0 Å². The summed E-state index contributed by atoms with van der Waals surface area (Å²) in [4.78, 5) is 39.7. The van der Waals surface area contributed by atoms with Gasteiger partial charge in [0, 0.05) is 5.56 Å². The van der Waals surface area contributed by atoms with Crippen molar-refractivity contribution in [2.45, 2.75) is 26.2 Å². The summed E-state index contributed by atoms with van der Waals surface area (Å²) in [5.41, 5.74) is 2.04. The molecule has 4 atom stereocenters. The molecule has 0 aromatic heterocycles. The fourth-order valence-electron chi connectivity index (χ4n) is 5.47. The number of Topliss-reactive ketones (excluding diaryl/α,β-unsaturated/α-hetero) is 1. The number of aryl methyl sites for hydroxylation is 1. The summed E-state index contributed by atoms with van der Waals surface area (Å²) in [7, 11) is 0. The molecule has 0 spiro atoms. The minimum absolute atomic E-state index is 0.0387. The summed E-state index contributed by atoms with van der Waals surface area (Å²) in [6, 6.07) is 14.3. The zero-order valence-corrected chi connectivity index (χ0v) is 16.3. The Hall–Kier alpha value is -2.95. The number of ketones is 1. The lowest BCUT2D eigenvalue weighted by atomic mass is 9.81. The van der Waals surface area contributed by atoms with Gasteiger partial charge in [-0.2, -0.15) is 0 Å². The Morgan fingerprint density at radius 1 is 1.00 bits per heavy atom. The van der Waals surface area contributed by atoms with E-state index in [0.717, 1.165) is 24.8 Å². The highest BCUT2D eigenvalue weighted by molar-refractivity contribution is 6.23. The summed E-state index contributed by atoms with van der Waals surface area (Å²) < 4.78 is 5.66. The Morgan fingerprint density at radius 2 is 1.66 bits per heavy atom. The zero-order valence-electron chi connectivity index (χ0n) is 16.3. The number of imide groups is 1. The van der Waals surface area contributed by atoms with Gasteiger partial charge in [0.15, 0.2) is 12.4 Å². The van der Waals surface area contributed by atoms with Crippen molar-refractivity contribution >= 4 is 23.3 Å². The number of carbonyl (C=O) groups excluding carboxylic acids is 3. The summed E-state index contributed by atoms with van der Waals surface area (Å²) >= 11 is 0. The first-order valence-corrected chi connectivity index (χ1v) is 10.2. The molecule has 3 fully saturated rings. The van der Waals surface area contributed by atoms with Crippen LogP contribution in [-0.2, 0) is 9.59 Å². The van der Waals surface area contributed by atoms with Crippen molar-refractivity contribution in [3.8, 4) is 5.75 Å². The normalized spacial score (nSPS) is 27.4. The molecular weight excluding hydrogens is 366 g/mol. The Balaban J connectivity index is 1.32. The van der Waals surface area contributed by atoms with Crippen LogP contribution in [0.15, 0.2) is 48.5 Å². The minimum atomic E-state index is -0.125. The van der Waals surface area contributed by atoms with Crippen LogP contribution in [0, 0.1) is 30.6 Å². The molecule has 2 aromatic carbocycles. The molecule has 3 aliphatic rings. The van der Waals surface area contributed by atoms with Crippen LogP contribution in [0.1, 0.15) is 35.2 Å². The van der Waals surface area contributed by atoms with Crippen molar-refractivity contribution in [1.29, 1.82) is 0 Å². The van der Waals surface area contributed by atoms with E-state index < -0.39 is 0 Å². The van der Waals surface area contributed by atoms with Crippen molar-refractivity contribution < 1.29 is 19.1 Å². The highest BCUT2D eigenvalue weighted by Crippen LogP contribution is 2.56. The Morgan fingerprint density at radius 3 is 2.28 bits per heavy atom. The number of ether oxygens (including phenoxy) is 1. The maximum atomic E-state index is 13.0. The molecule has 2 bridgehead atoms. The molecule has 0 radical (unpaired) electrons. The van der Waals surface area contributed by atoms with E-state index in [9.17, 15) is 14.4 Å². The van der Waals surface area contributed by atoms with E-state index in [-0.39, 0.29) is 36.0 Å². The maximum Gasteiger partial charge on any atom is 0.237 e. The zero-order chi connectivity index (χ0) is 20.1. The minimum Gasteiger partial charge on any atom is -0.485 e. The number of hydrogen-bond acceptors (Lipinski definition) is 4. The highest BCUT2D eigenvalue weighted by Gasteiger charge is 2.61. The van der Waals surface area contributed by atoms with Gasteiger partial charge in [0.05, 0.1) is 17.5 Å². The molecule has 29 heavy (non-hydrogen) atoms. The van der Waals surface area contributed by atoms with Crippen LogP contribution in [0.2, 0.25) is 0 Å². The molecule has 148 valence electrons. The first kappa shape index (κ1) is 18.1. The molecule has 2 amide bonds. The second-order valence-electron chi connectivity index (χ2n) is 8.42. The average Bonchev–Trinajstić information content (AvgIpc) is 3.41. The molecule has 5 nitrogen and oxygen atoms in total. The van der Waals surface area contributed by atoms with Crippen molar-refractivity contribution in [3.63, 3.8) is 0 Å². The van der Waals surface area contributed by atoms with Crippen molar-refractivity contribution in [2.24, 2.45) is 23.7 Å². The standard InChI is InChI=1S/C24H23NO4/c1-14-11-18(29-13-20(26)15-5-3-2-4-6-15)9-10-19(14)25-23(27)21-16-7-8-17(12-16)22(21)24(25)28/h2-6,9-11,16-17,21-22H,7-8,12-13H2,1H3/t16-,17+,21-,22+. The third-order valence-corrected chi connectivity index (χ3v) is 6.80. The molecule has 5 rings (SSSR count). The second kappa shape index (κ2) is 6.83. The van der Waals surface area contributed by atoms with Gasteiger partial charge in [0.2, 0.25) is 11.8 Å². The van der Waals surface area contributed by atoms with Gasteiger partial charge in [0.25, 0.3) is 0 Å². The van der Waals surface area contributed by atoms with Gasteiger partial charge in [0.1, 0.15) is 5.75 Å². The first-order chi connectivity index (χ1) is 14.0. The maximum absolute atomic E-state index is 13.0. The van der Waals surface area contributed by atoms with Gasteiger partial charge in [-0.05, 0) is 61.8 Å². The average molecular weight is 389 g/mol. The molecule has 0 N–H and O–H groups in total. The van der Waals surface area contributed by atoms with Gasteiger partial charge >= 0.3 is 0 Å². The quantitative estimate of drug-likeness (QED) is 0.577. The lowest BCUT2D eigenvalue weighted by Gasteiger charge is -2.20. The molecule has 1 saturated heterocycles. The van der Waals surface area contributed by atoms with E-state index in [0.29, 0.717) is 28.8 Å². The Bertz CT molecular complexity index is 971. The van der Waals surface area contributed by atoms with Crippen molar-refractivity contribution in [1.82, 2.24) is 0 Å². The van der Waals surface area contributed by atoms with Crippen LogP contribution in [0.25, 0.3) is 0 Å². The lowest BCUT2D eigenvalue weighted by molar-refractivity contribution is -0.123. The van der Waals surface area contributed by atoms with E-state index in [2.05, 4.69) is 0 Å². The van der Waals surface area contributed by atoms with Gasteiger partial charge in [-0.15, -0.1) is 0 Å². The van der Waals surface area contributed by atoms with Gasteiger partial charge in [-0.25, -0.2) is 4.90 Å². The highest BCUT2D eigenvalue weighted by atomic mass is 16.5. The summed E-state index contributed by atoms with van der Waals surface area (Å²) in [5, 5.41) is 0. The van der Waals surface area contributed by atoms with E-state index in [1.807, 2.05) is 25.1 Å². The molecule has 0 unspecified atom stereocenters. The topological polar surface area (TPSA) is 63.7 Å². The third kappa shape index (κ3) is 2.87. The van der Waals surface area contributed by atoms with Crippen LogP contribution in [0.5, 0.6) is 5.75 Å². The molecular formula is C24H23NO4. The van der Waals surface area contributed by atoms with Gasteiger partial charge < -0.3 is 4.74 Å². The van der Waals surface area contributed by atoms with Crippen LogP contribution in [0.4, 0.5) is 5.69 Å². The number of fused-ring (bicyclic) bond motifs is 5. The number of anilines is 1. The molecule has 2 aliphatic carbocycles. The van der Waals surface area contributed by atoms with E-state index in [1.54, 1.807) is 30.3 Å². The molecule has 1 heterocycles. The fraction of sp³-hybridized carbons (Fsp3) is 0.375. The summed E-state index contributed by atoms with van der Waals surface area (Å²) in [6.07, 6.45) is 3.17. The van der Waals surface area contributed by atoms with Gasteiger partial charge in [-0.3, -0.25) is 14.4 Å². The first-order valence-electron chi connectivity index (χ1n) is 10.2. The molecule has 2 aromatic rings. The predicted molar refractivity (Wildman–Crippen MR) is 108 cm³/mol. The number of hydrogen-bond donors (Lipinski definition) is 0. The predicted octanol–water partition coefficient (Wildman–Crippen LogP) is 3.79. The van der Waals surface area contributed by atoms with Crippen LogP contribution in [-0.4, -0.2) is 24.2 Å². The number of amides is 2. The van der Waals surface area contributed by atoms with Crippen molar-refractivity contribution in [2.75, 3.05) is 11.5 Å². The Kier molecular flexibility index (Phi) is 4.26. The van der Waals surface area contributed by atoms with Crippen LogP contribution in [0.3, 0.4) is 0 Å². The lowest BCUT2D eigenvalue weighted by Crippen LogP contribution is -2.33. The Labute approximate surface area is 169 Å². The van der Waals surface area contributed by atoms with E-state index in [1.165, 1.54) is 4.90 Å². The molecule has 2 saturated carbocycles. The van der Waals surface area contributed by atoms with Gasteiger partial charge in [-0.1, -0.05) is 30.3 Å². The smallest absolute Gasteiger partial charge is 0.237 e. The molecule has 1 aliphatic heterocycles. The number of nitrogens with zero attached hydrogens (tertiary/aromatic N) is 1. The second-order valence-corrected chi connectivity index (χ2v) is 8.42. The molecule has 5 heteroatoms. The third-order valence-electron chi connectivity index (χ3n) is 6.80. The summed E-state index contributed by atoms with van der Waals surface area (Å²) in [5.74, 6) is 0.874. The fourth-order valence-corrected chi connectivity index (χ4v) is 5.47. The van der Waals surface area contributed by atoms with E-state index in [4.69, 9.17) is 4.74 Å². The van der Waals surface area contributed by atoms with Crippen LogP contribution < -0.4 is 9.64 Å². The number of benzene rings is 2.